The number of aryl methyl sites for hydroxylation is 1. The van der Waals surface area contributed by atoms with Gasteiger partial charge in [0.15, 0.2) is 0 Å². The first-order chi connectivity index (χ1) is 13.6. The van der Waals surface area contributed by atoms with Crippen molar-refractivity contribution in [3.05, 3.63) is 94.5 Å². The number of carbonyl (C=O) groups excluding carboxylic acids is 1. The molecule has 0 aliphatic heterocycles. The van der Waals surface area contributed by atoms with Gasteiger partial charge in [0.25, 0.3) is 0 Å². The SMILES string of the molecule is COc1ccc(C)cc1NC(=O)C(NCc1ccccc1Cl)c1ccccc1. The number of anilines is 1. The Bertz CT molecular complexity index is 944. The van der Waals surface area contributed by atoms with Crippen molar-refractivity contribution < 1.29 is 9.53 Å². The highest BCUT2D eigenvalue weighted by atomic mass is 35.5. The average molecular weight is 395 g/mol. The fourth-order valence-corrected chi connectivity index (χ4v) is 3.19. The molecular weight excluding hydrogens is 372 g/mol. The van der Waals surface area contributed by atoms with Gasteiger partial charge >= 0.3 is 0 Å². The van der Waals surface area contributed by atoms with Crippen molar-refractivity contribution in [2.75, 3.05) is 12.4 Å². The molecule has 0 fully saturated rings. The highest BCUT2D eigenvalue weighted by Crippen LogP contribution is 2.27. The third kappa shape index (κ3) is 4.91. The Labute approximate surface area is 170 Å². The third-order valence-corrected chi connectivity index (χ3v) is 4.83. The number of methoxy groups -OCH3 is 1. The summed E-state index contributed by atoms with van der Waals surface area (Å²) in [6, 6.07) is 22.4. The summed E-state index contributed by atoms with van der Waals surface area (Å²) in [4.78, 5) is 13.1. The first-order valence-corrected chi connectivity index (χ1v) is 9.43. The van der Waals surface area contributed by atoms with E-state index >= 15 is 0 Å². The summed E-state index contributed by atoms with van der Waals surface area (Å²) in [5.74, 6) is 0.457. The van der Waals surface area contributed by atoms with Gasteiger partial charge in [-0.3, -0.25) is 10.1 Å². The van der Waals surface area contributed by atoms with Crippen molar-refractivity contribution in [3.63, 3.8) is 0 Å². The summed E-state index contributed by atoms with van der Waals surface area (Å²) < 4.78 is 5.38. The molecule has 0 spiro atoms. The number of halogens is 1. The van der Waals surface area contributed by atoms with Crippen LogP contribution in [0, 0.1) is 6.92 Å². The number of ether oxygens (including phenoxy) is 1. The maximum absolute atomic E-state index is 13.1. The number of benzene rings is 3. The average Bonchev–Trinajstić information content (AvgIpc) is 2.70. The van der Waals surface area contributed by atoms with Crippen LogP contribution in [-0.4, -0.2) is 13.0 Å². The van der Waals surface area contributed by atoms with Gasteiger partial charge in [-0.05, 0) is 41.8 Å². The lowest BCUT2D eigenvalue weighted by Gasteiger charge is -2.20. The molecule has 0 aromatic heterocycles. The van der Waals surface area contributed by atoms with Gasteiger partial charge in [-0.15, -0.1) is 0 Å². The molecule has 0 radical (unpaired) electrons. The molecular formula is C23H23ClN2O2. The Hall–Kier alpha value is -2.82. The van der Waals surface area contributed by atoms with Gasteiger partial charge in [-0.25, -0.2) is 0 Å². The molecule has 0 saturated heterocycles. The summed E-state index contributed by atoms with van der Waals surface area (Å²) in [7, 11) is 1.59. The number of nitrogens with one attached hydrogen (secondary N) is 2. The Morgan fingerprint density at radius 3 is 2.46 bits per heavy atom. The summed E-state index contributed by atoms with van der Waals surface area (Å²) in [5, 5.41) is 6.99. The number of hydrogen-bond acceptors (Lipinski definition) is 3. The lowest BCUT2D eigenvalue weighted by Crippen LogP contribution is -2.33. The predicted molar refractivity (Wildman–Crippen MR) is 114 cm³/mol. The van der Waals surface area contributed by atoms with E-state index in [2.05, 4.69) is 10.6 Å². The summed E-state index contributed by atoms with van der Waals surface area (Å²) in [6.45, 7) is 2.44. The molecule has 3 rings (SSSR count). The molecule has 2 N–H and O–H groups in total. The first-order valence-electron chi connectivity index (χ1n) is 9.05. The van der Waals surface area contributed by atoms with Gasteiger partial charge in [-0.2, -0.15) is 0 Å². The molecule has 5 heteroatoms. The highest BCUT2D eigenvalue weighted by Gasteiger charge is 2.21. The molecule has 0 aliphatic rings. The van der Waals surface area contributed by atoms with Crippen LogP contribution >= 0.6 is 11.6 Å². The number of carbonyl (C=O) groups is 1. The van der Waals surface area contributed by atoms with Crippen LogP contribution in [0.4, 0.5) is 5.69 Å². The Kier molecular flexibility index (Phi) is 6.69. The number of rotatable bonds is 7. The second-order valence-corrected chi connectivity index (χ2v) is 6.92. The minimum atomic E-state index is -0.539. The summed E-state index contributed by atoms with van der Waals surface area (Å²) >= 11 is 6.26. The Balaban J connectivity index is 1.84. The zero-order chi connectivity index (χ0) is 19.9. The molecule has 28 heavy (non-hydrogen) atoms. The molecule has 1 atom stereocenters. The third-order valence-electron chi connectivity index (χ3n) is 4.46. The van der Waals surface area contributed by atoms with E-state index in [9.17, 15) is 4.79 Å². The second-order valence-electron chi connectivity index (χ2n) is 6.51. The standard InChI is InChI=1S/C23H23ClN2O2/c1-16-12-13-21(28-2)20(14-16)26-23(27)22(17-8-4-3-5-9-17)25-15-18-10-6-7-11-19(18)24/h3-14,22,25H,15H2,1-2H3,(H,26,27). The van der Waals surface area contributed by atoms with Crippen LogP contribution < -0.4 is 15.4 Å². The fourth-order valence-electron chi connectivity index (χ4n) is 2.99. The van der Waals surface area contributed by atoms with E-state index in [1.165, 1.54) is 0 Å². The van der Waals surface area contributed by atoms with Crippen molar-refractivity contribution in [1.82, 2.24) is 5.32 Å². The van der Waals surface area contributed by atoms with Crippen LogP contribution in [0.15, 0.2) is 72.8 Å². The Morgan fingerprint density at radius 2 is 1.75 bits per heavy atom. The van der Waals surface area contributed by atoms with E-state index < -0.39 is 6.04 Å². The minimum Gasteiger partial charge on any atom is -0.495 e. The van der Waals surface area contributed by atoms with Crippen molar-refractivity contribution in [2.24, 2.45) is 0 Å². The van der Waals surface area contributed by atoms with E-state index in [1.54, 1.807) is 7.11 Å². The predicted octanol–water partition coefficient (Wildman–Crippen LogP) is 5.13. The smallest absolute Gasteiger partial charge is 0.246 e. The molecule has 3 aromatic carbocycles. The molecule has 4 nitrogen and oxygen atoms in total. The summed E-state index contributed by atoms with van der Waals surface area (Å²) in [5.41, 5.74) is 3.49. The van der Waals surface area contributed by atoms with Crippen LogP contribution in [0.5, 0.6) is 5.75 Å². The molecule has 0 aliphatic carbocycles. The quantitative estimate of drug-likeness (QED) is 0.584. The van der Waals surface area contributed by atoms with Gasteiger partial charge in [0.2, 0.25) is 5.91 Å². The lowest BCUT2D eigenvalue weighted by atomic mass is 10.1. The fraction of sp³-hybridized carbons (Fsp3) is 0.174. The van der Waals surface area contributed by atoms with Gasteiger partial charge in [0.1, 0.15) is 11.8 Å². The zero-order valence-electron chi connectivity index (χ0n) is 15.9. The highest BCUT2D eigenvalue weighted by molar-refractivity contribution is 6.31. The Morgan fingerprint density at radius 1 is 1.04 bits per heavy atom. The molecule has 0 heterocycles. The van der Waals surface area contributed by atoms with E-state index in [0.29, 0.717) is 23.0 Å². The van der Waals surface area contributed by atoms with Crippen LogP contribution in [0.1, 0.15) is 22.7 Å². The topological polar surface area (TPSA) is 50.4 Å². The van der Waals surface area contributed by atoms with Crippen molar-refractivity contribution in [3.8, 4) is 5.75 Å². The first kappa shape index (κ1) is 19.9. The maximum atomic E-state index is 13.1. The monoisotopic (exact) mass is 394 g/mol. The van der Waals surface area contributed by atoms with E-state index in [1.807, 2.05) is 79.7 Å². The molecule has 144 valence electrons. The van der Waals surface area contributed by atoms with Crippen LogP contribution in [-0.2, 0) is 11.3 Å². The lowest BCUT2D eigenvalue weighted by molar-refractivity contribution is -0.118. The van der Waals surface area contributed by atoms with E-state index in [4.69, 9.17) is 16.3 Å². The molecule has 3 aromatic rings. The molecule has 0 bridgehead atoms. The second kappa shape index (κ2) is 9.40. The number of hydrogen-bond donors (Lipinski definition) is 2. The van der Waals surface area contributed by atoms with Crippen LogP contribution in [0.25, 0.3) is 0 Å². The normalized spacial score (nSPS) is 11.7. The van der Waals surface area contributed by atoms with Crippen molar-refractivity contribution in [1.29, 1.82) is 0 Å². The van der Waals surface area contributed by atoms with Gasteiger partial charge in [0.05, 0.1) is 12.8 Å². The van der Waals surface area contributed by atoms with E-state index in [0.717, 1.165) is 16.7 Å². The summed E-state index contributed by atoms with van der Waals surface area (Å²) in [6.07, 6.45) is 0. The zero-order valence-corrected chi connectivity index (χ0v) is 16.7. The van der Waals surface area contributed by atoms with Crippen LogP contribution in [0.2, 0.25) is 5.02 Å². The minimum absolute atomic E-state index is 0.165. The van der Waals surface area contributed by atoms with E-state index in [-0.39, 0.29) is 5.91 Å². The van der Waals surface area contributed by atoms with Crippen molar-refractivity contribution in [2.45, 2.75) is 19.5 Å². The molecule has 1 unspecified atom stereocenters. The molecule has 1 amide bonds. The largest absolute Gasteiger partial charge is 0.495 e. The van der Waals surface area contributed by atoms with Crippen molar-refractivity contribution >= 4 is 23.2 Å². The van der Waals surface area contributed by atoms with Gasteiger partial charge in [0, 0.05) is 11.6 Å². The number of amides is 1. The van der Waals surface area contributed by atoms with Gasteiger partial charge in [-0.1, -0.05) is 66.2 Å². The molecule has 0 saturated carbocycles. The maximum Gasteiger partial charge on any atom is 0.246 e. The van der Waals surface area contributed by atoms with Crippen LogP contribution in [0.3, 0.4) is 0 Å². The van der Waals surface area contributed by atoms with Gasteiger partial charge < -0.3 is 10.1 Å².